The van der Waals surface area contributed by atoms with Gasteiger partial charge in [-0.3, -0.25) is 0 Å². The quantitative estimate of drug-likeness (QED) is 0.672. The largest absolute Gasteiger partial charge is 0.364 e. The predicted octanol–water partition coefficient (Wildman–Crippen LogP) is 1.23. The van der Waals surface area contributed by atoms with Crippen molar-refractivity contribution >= 4 is 17.3 Å². The van der Waals surface area contributed by atoms with Crippen molar-refractivity contribution in [2.45, 2.75) is 51.0 Å². The Labute approximate surface area is 118 Å². The Kier molecular flexibility index (Phi) is 2.94. The van der Waals surface area contributed by atoms with Crippen LogP contribution in [0.5, 0.6) is 0 Å². The van der Waals surface area contributed by atoms with E-state index in [0.29, 0.717) is 6.04 Å². The summed E-state index contributed by atoms with van der Waals surface area (Å²) in [4.78, 5) is 0. The average Bonchev–Trinajstić information content (AvgIpc) is 2.82. The molecule has 2 heterocycles. The summed E-state index contributed by atoms with van der Waals surface area (Å²) in [5.74, 6) is 0.878. The first-order valence-electron chi connectivity index (χ1n) is 7.61. The Hall–Kier alpha value is -1.85. The van der Waals surface area contributed by atoms with E-state index in [9.17, 15) is 0 Å². The third-order valence-electron chi connectivity index (χ3n) is 4.54. The smallest absolute Gasteiger partial charge is 0.174 e. The van der Waals surface area contributed by atoms with Crippen molar-refractivity contribution in [1.82, 2.24) is 16.3 Å². The van der Waals surface area contributed by atoms with Gasteiger partial charge in [0.15, 0.2) is 5.84 Å². The van der Waals surface area contributed by atoms with Crippen molar-refractivity contribution in [3.05, 3.63) is 11.1 Å². The van der Waals surface area contributed by atoms with Crippen molar-refractivity contribution in [3.8, 4) is 0 Å². The summed E-state index contributed by atoms with van der Waals surface area (Å²) in [5, 5.41) is 16.8. The van der Waals surface area contributed by atoms with Crippen LogP contribution in [0.15, 0.2) is 26.5 Å². The van der Waals surface area contributed by atoms with Crippen molar-refractivity contribution in [2.75, 3.05) is 6.54 Å². The predicted molar refractivity (Wildman–Crippen MR) is 79.7 cm³/mol. The topological polar surface area (TPSA) is 73.2 Å². The Morgan fingerprint density at radius 1 is 1.00 bits per heavy atom. The molecule has 20 heavy (non-hydrogen) atoms. The minimum Gasteiger partial charge on any atom is -0.364 e. The SMILES string of the molecule is C1CCC(NC2=NNCC3=C4C(=NNN=C24)CC3)CC1. The van der Waals surface area contributed by atoms with Gasteiger partial charge >= 0.3 is 0 Å². The van der Waals surface area contributed by atoms with Gasteiger partial charge < -0.3 is 10.7 Å². The second kappa shape index (κ2) is 4.92. The molecule has 0 atom stereocenters. The van der Waals surface area contributed by atoms with Gasteiger partial charge in [-0.2, -0.15) is 20.8 Å². The molecular weight excluding hydrogens is 252 g/mol. The van der Waals surface area contributed by atoms with E-state index in [-0.39, 0.29) is 0 Å². The Morgan fingerprint density at radius 2 is 1.90 bits per heavy atom. The summed E-state index contributed by atoms with van der Waals surface area (Å²) in [6.07, 6.45) is 8.51. The molecule has 0 bridgehead atoms. The molecule has 0 saturated heterocycles. The van der Waals surface area contributed by atoms with E-state index in [1.54, 1.807) is 0 Å². The zero-order valence-electron chi connectivity index (χ0n) is 11.6. The van der Waals surface area contributed by atoms with Crippen molar-refractivity contribution in [3.63, 3.8) is 0 Å². The van der Waals surface area contributed by atoms with Crippen molar-refractivity contribution in [1.29, 1.82) is 0 Å². The van der Waals surface area contributed by atoms with Gasteiger partial charge in [0.05, 0.1) is 12.3 Å². The summed E-state index contributed by atoms with van der Waals surface area (Å²) in [7, 11) is 0. The molecule has 0 aromatic heterocycles. The van der Waals surface area contributed by atoms with Gasteiger partial charge in [-0.05, 0) is 31.3 Å². The number of nitrogens with one attached hydrogen (secondary N) is 3. The van der Waals surface area contributed by atoms with E-state index < -0.39 is 0 Å². The molecule has 2 aliphatic carbocycles. The van der Waals surface area contributed by atoms with Gasteiger partial charge in [-0.1, -0.05) is 19.3 Å². The minimum atomic E-state index is 0.526. The van der Waals surface area contributed by atoms with E-state index in [1.165, 1.54) is 43.3 Å². The third kappa shape index (κ3) is 1.99. The molecule has 4 aliphatic rings. The standard InChI is InChI=1S/C14H20N6/c1-2-4-10(5-3-1)16-14-13-12-9(8-15-19-14)6-7-11(12)17-20-18-13/h10,15,20H,1-8H2,(H,16,19). The van der Waals surface area contributed by atoms with E-state index in [4.69, 9.17) is 0 Å². The maximum absolute atomic E-state index is 4.51. The molecule has 3 N–H and O–H groups in total. The van der Waals surface area contributed by atoms with Gasteiger partial charge in [-0.25, -0.2) is 0 Å². The summed E-state index contributed by atoms with van der Waals surface area (Å²) in [6.45, 7) is 0.809. The summed E-state index contributed by atoms with van der Waals surface area (Å²) >= 11 is 0. The number of amidine groups is 1. The molecule has 2 aliphatic heterocycles. The summed E-state index contributed by atoms with van der Waals surface area (Å²) in [5.41, 5.74) is 10.6. The van der Waals surface area contributed by atoms with Crippen LogP contribution in [0.3, 0.4) is 0 Å². The van der Waals surface area contributed by atoms with Gasteiger partial charge in [0.1, 0.15) is 5.71 Å². The Morgan fingerprint density at radius 3 is 2.80 bits per heavy atom. The fraction of sp³-hybridized carbons (Fsp3) is 0.643. The van der Waals surface area contributed by atoms with Crippen LogP contribution in [0.25, 0.3) is 0 Å². The highest BCUT2D eigenvalue weighted by atomic mass is 15.5. The number of hydrogen-bond donors (Lipinski definition) is 3. The number of hydrogen-bond acceptors (Lipinski definition) is 6. The van der Waals surface area contributed by atoms with Crippen LogP contribution in [-0.2, 0) is 0 Å². The summed E-state index contributed by atoms with van der Waals surface area (Å²) in [6, 6.07) is 0.526. The van der Waals surface area contributed by atoms with Crippen LogP contribution in [-0.4, -0.2) is 29.8 Å². The zero-order valence-corrected chi connectivity index (χ0v) is 11.6. The lowest BCUT2D eigenvalue weighted by molar-refractivity contribution is 0.414. The van der Waals surface area contributed by atoms with Crippen LogP contribution in [0.4, 0.5) is 0 Å². The fourth-order valence-electron chi connectivity index (χ4n) is 3.49. The normalized spacial score (nSPS) is 25.7. The first kappa shape index (κ1) is 11.9. The molecule has 0 radical (unpaired) electrons. The maximum atomic E-state index is 4.51. The first-order valence-corrected chi connectivity index (χ1v) is 7.61. The van der Waals surface area contributed by atoms with Crippen LogP contribution >= 0.6 is 0 Å². The maximum Gasteiger partial charge on any atom is 0.174 e. The molecule has 0 aromatic rings. The average molecular weight is 272 g/mol. The lowest BCUT2D eigenvalue weighted by Gasteiger charge is -2.25. The van der Waals surface area contributed by atoms with Crippen LogP contribution in [0.2, 0.25) is 0 Å². The van der Waals surface area contributed by atoms with E-state index in [1.807, 2.05) is 0 Å². The Balaban J connectivity index is 1.60. The van der Waals surface area contributed by atoms with Gasteiger partial charge in [0.2, 0.25) is 0 Å². The second-order valence-electron chi connectivity index (χ2n) is 5.87. The molecule has 6 nitrogen and oxygen atoms in total. The molecule has 0 unspecified atom stereocenters. The summed E-state index contributed by atoms with van der Waals surface area (Å²) < 4.78 is 0. The lowest BCUT2D eigenvalue weighted by Crippen LogP contribution is -2.43. The second-order valence-corrected chi connectivity index (χ2v) is 5.87. The van der Waals surface area contributed by atoms with Crippen LogP contribution in [0, 0.1) is 0 Å². The molecule has 0 spiro atoms. The van der Waals surface area contributed by atoms with Crippen molar-refractivity contribution < 1.29 is 0 Å². The first-order chi connectivity index (χ1) is 9.92. The van der Waals surface area contributed by atoms with Gasteiger partial charge in [-0.15, -0.1) is 0 Å². The molecule has 0 aromatic carbocycles. The number of nitrogens with zero attached hydrogens (tertiary/aromatic N) is 3. The molecule has 0 amide bonds. The molecule has 6 heteroatoms. The van der Waals surface area contributed by atoms with Gasteiger partial charge in [0, 0.05) is 11.6 Å². The molecular formula is C14H20N6. The highest BCUT2D eigenvalue weighted by Gasteiger charge is 2.32. The van der Waals surface area contributed by atoms with Crippen LogP contribution in [0.1, 0.15) is 44.9 Å². The molecule has 1 saturated carbocycles. The zero-order chi connectivity index (χ0) is 13.4. The highest BCUT2D eigenvalue weighted by molar-refractivity contribution is 6.54. The van der Waals surface area contributed by atoms with E-state index in [0.717, 1.165) is 36.6 Å². The number of rotatable bonds is 1. The van der Waals surface area contributed by atoms with Gasteiger partial charge in [0.25, 0.3) is 0 Å². The monoisotopic (exact) mass is 272 g/mol. The molecule has 106 valence electrons. The van der Waals surface area contributed by atoms with Crippen molar-refractivity contribution in [2.24, 2.45) is 15.3 Å². The molecule has 4 rings (SSSR count). The van der Waals surface area contributed by atoms with Crippen LogP contribution < -0.4 is 16.3 Å². The third-order valence-corrected chi connectivity index (χ3v) is 4.54. The fourth-order valence-corrected chi connectivity index (χ4v) is 3.49. The minimum absolute atomic E-state index is 0.526. The molecule has 1 fully saturated rings. The highest BCUT2D eigenvalue weighted by Crippen LogP contribution is 2.28. The number of hydrazone groups is 3. The lowest BCUT2D eigenvalue weighted by atomic mass is 9.95. The van der Waals surface area contributed by atoms with E-state index in [2.05, 4.69) is 31.6 Å². The Bertz CT molecular complexity index is 536. The van der Waals surface area contributed by atoms with E-state index >= 15 is 0 Å².